The Bertz CT molecular complexity index is 421. The summed E-state index contributed by atoms with van der Waals surface area (Å²) in [6, 6.07) is 4.93. The largest absolute Gasteiger partial charge is 0.496 e. The van der Waals surface area contributed by atoms with E-state index in [1.807, 2.05) is 6.92 Å². The number of ether oxygens (including phenoxy) is 1. The van der Waals surface area contributed by atoms with Gasteiger partial charge in [0.25, 0.3) is 0 Å². The summed E-state index contributed by atoms with van der Waals surface area (Å²) < 4.78 is 5.25. The molecule has 0 unspecified atom stereocenters. The predicted molar refractivity (Wildman–Crippen MR) is 67.8 cm³/mol. The van der Waals surface area contributed by atoms with Gasteiger partial charge >= 0.3 is 5.97 Å². The normalized spacial score (nSPS) is 12.6. The van der Waals surface area contributed by atoms with Gasteiger partial charge in [0.05, 0.1) is 12.7 Å². The van der Waals surface area contributed by atoms with Crippen LogP contribution in [-0.2, 0) is 0 Å². The Morgan fingerprint density at radius 3 is 2.76 bits per heavy atom. The third-order valence-corrected chi connectivity index (χ3v) is 2.63. The van der Waals surface area contributed by atoms with Crippen molar-refractivity contribution < 1.29 is 14.6 Å². The van der Waals surface area contributed by atoms with Gasteiger partial charge in [0.2, 0.25) is 0 Å². The number of methoxy groups -OCH3 is 1. The van der Waals surface area contributed by atoms with Crippen molar-refractivity contribution in [3.63, 3.8) is 0 Å². The number of carboxylic acid groups (broad SMARTS) is 1. The van der Waals surface area contributed by atoms with E-state index < -0.39 is 5.97 Å². The van der Waals surface area contributed by atoms with Gasteiger partial charge in [0.1, 0.15) is 5.75 Å². The van der Waals surface area contributed by atoms with Crippen LogP contribution in [0.25, 0.3) is 0 Å². The first-order chi connectivity index (χ1) is 8.10. The van der Waals surface area contributed by atoms with Crippen LogP contribution in [0.1, 0.15) is 42.1 Å². The molecular formula is C14H18O3. The number of carbonyl (C=O) groups is 1. The molecule has 0 amide bonds. The Morgan fingerprint density at radius 1 is 1.53 bits per heavy atom. The van der Waals surface area contributed by atoms with E-state index in [9.17, 15) is 4.79 Å². The quantitative estimate of drug-likeness (QED) is 0.793. The van der Waals surface area contributed by atoms with Gasteiger partial charge in [-0.3, -0.25) is 0 Å². The lowest BCUT2D eigenvalue weighted by Gasteiger charge is -2.13. The van der Waals surface area contributed by atoms with Crippen molar-refractivity contribution in [1.29, 1.82) is 0 Å². The average molecular weight is 234 g/mol. The second-order valence-electron chi connectivity index (χ2n) is 3.89. The van der Waals surface area contributed by atoms with Crippen molar-refractivity contribution >= 4 is 5.97 Å². The van der Waals surface area contributed by atoms with Crippen LogP contribution in [0, 0.1) is 0 Å². The fourth-order valence-corrected chi connectivity index (χ4v) is 1.67. The van der Waals surface area contributed by atoms with Gasteiger partial charge in [-0.1, -0.05) is 26.0 Å². The summed E-state index contributed by atoms with van der Waals surface area (Å²) in [6.45, 7) is 4.09. The Labute approximate surface area is 102 Å². The van der Waals surface area contributed by atoms with Crippen LogP contribution in [0.15, 0.2) is 30.4 Å². The van der Waals surface area contributed by atoms with E-state index in [-0.39, 0.29) is 11.5 Å². The topological polar surface area (TPSA) is 46.5 Å². The van der Waals surface area contributed by atoms with E-state index in [4.69, 9.17) is 9.84 Å². The minimum absolute atomic E-state index is 0.143. The van der Waals surface area contributed by atoms with Crippen LogP contribution in [0.2, 0.25) is 0 Å². The Morgan fingerprint density at radius 2 is 2.24 bits per heavy atom. The highest BCUT2D eigenvalue weighted by Gasteiger charge is 2.12. The van der Waals surface area contributed by atoms with Crippen LogP contribution < -0.4 is 4.74 Å². The number of benzene rings is 1. The molecule has 3 heteroatoms. The zero-order chi connectivity index (χ0) is 12.8. The second kappa shape index (κ2) is 6.09. The average Bonchev–Trinajstić information content (AvgIpc) is 2.34. The molecule has 0 aliphatic carbocycles. The summed E-state index contributed by atoms with van der Waals surface area (Å²) in [5, 5.41) is 8.97. The molecule has 0 fully saturated rings. The van der Waals surface area contributed by atoms with Crippen molar-refractivity contribution in [1.82, 2.24) is 0 Å². The molecule has 92 valence electrons. The van der Waals surface area contributed by atoms with Crippen LogP contribution in [-0.4, -0.2) is 18.2 Å². The molecule has 0 radical (unpaired) electrons. The number of aromatic carboxylic acids is 1. The Kier molecular flexibility index (Phi) is 4.76. The highest BCUT2D eigenvalue weighted by Crippen LogP contribution is 2.28. The molecule has 0 aliphatic rings. The van der Waals surface area contributed by atoms with Gasteiger partial charge in [-0.25, -0.2) is 4.79 Å². The molecule has 1 atom stereocenters. The zero-order valence-electron chi connectivity index (χ0n) is 10.4. The molecule has 0 heterocycles. The van der Waals surface area contributed by atoms with E-state index in [0.29, 0.717) is 0 Å². The summed E-state index contributed by atoms with van der Waals surface area (Å²) in [7, 11) is 1.59. The molecule has 0 saturated carbocycles. The van der Waals surface area contributed by atoms with E-state index >= 15 is 0 Å². The Balaban J connectivity index is 3.13. The first-order valence-corrected chi connectivity index (χ1v) is 5.68. The maximum atomic E-state index is 10.9. The summed E-state index contributed by atoms with van der Waals surface area (Å²) in [4.78, 5) is 10.9. The maximum absolute atomic E-state index is 10.9. The van der Waals surface area contributed by atoms with Crippen molar-refractivity contribution in [3.8, 4) is 5.75 Å². The number of hydrogen-bond acceptors (Lipinski definition) is 2. The van der Waals surface area contributed by atoms with E-state index in [0.717, 1.165) is 17.7 Å². The molecule has 1 N–H and O–H groups in total. The highest BCUT2D eigenvalue weighted by atomic mass is 16.5. The van der Waals surface area contributed by atoms with Crippen molar-refractivity contribution in [2.75, 3.05) is 7.11 Å². The van der Waals surface area contributed by atoms with Crippen LogP contribution >= 0.6 is 0 Å². The summed E-state index contributed by atoms with van der Waals surface area (Å²) >= 11 is 0. The molecule has 0 aliphatic heterocycles. The monoisotopic (exact) mass is 234 g/mol. The number of carboxylic acids is 1. The van der Waals surface area contributed by atoms with Crippen molar-refractivity contribution in [2.45, 2.75) is 26.2 Å². The SMILES string of the molecule is CC/C=C\[C@@H](C)c1cc(C(=O)O)ccc1OC. The number of rotatable bonds is 5. The minimum atomic E-state index is -0.916. The van der Waals surface area contributed by atoms with Gasteiger partial charge in [0, 0.05) is 11.5 Å². The van der Waals surface area contributed by atoms with Gasteiger partial charge < -0.3 is 9.84 Å². The number of hydrogen-bond donors (Lipinski definition) is 1. The van der Waals surface area contributed by atoms with Crippen LogP contribution in [0.5, 0.6) is 5.75 Å². The Hall–Kier alpha value is -1.77. The van der Waals surface area contributed by atoms with Gasteiger partial charge in [-0.05, 0) is 24.6 Å². The molecule has 17 heavy (non-hydrogen) atoms. The maximum Gasteiger partial charge on any atom is 0.335 e. The smallest absolute Gasteiger partial charge is 0.335 e. The lowest BCUT2D eigenvalue weighted by atomic mass is 9.97. The predicted octanol–water partition coefficient (Wildman–Crippen LogP) is 3.46. The molecule has 1 aromatic rings. The van der Waals surface area contributed by atoms with Gasteiger partial charge in [-0.2, -0.15) is 0 Å². The molecule has 0 saturated heterocycles. The zero-order valence-corrected chi connectivity index (χ0v) is 10.4. The summed E-state index contributed by atoms with van der Waals surface area (Å²) in [5.74, 6) is -0.0481. The first kappa shape index (κ1) is 13.3. The summed E-state index contributed by atoms with van der Waals surface area (Å²) in [5.41, 5.74) is 1.19. The van der Waals surface area contributed by atoms with E-state index in [1.165, 1.54) is 0 Å². The second-order valence-corrected chi connectivity index (χ2v) is 3.89. The molecule has 0 aromatic heterocycles. The van der Waals surface area contributed by atoms with E-state index in [1.54, 1.807) is 25.3 Å². The van der Waals surface area contributed by atoms with Crippen molar-refractivity contribution in [3.05, 3.63) is 41.5 Å². The molecule has 3 nitrogen and oxygen atoms in total. The summed E-state index contributed by atoms with van der Waals surface area (Å²) in [6.07, 6.45) is 5.09. The lowest BCUT2D eigenvalue weighted by Crippen LogP contribution is -2.01. The van der Waals surface area contributed by atoms with Gasteiger partial charge in [0.15, 0.2) is 0 Å². The molecule has 0 bridgehead atoms. The molecule has 0 spiro atoms. The number of allylic oxidation sites excluding steroid dienone is 2. The third-order valence-electron chi connectivity index (χ3n) is 2.63. The molecular weight excluding hydrogens is 216 g/mol. The lowest BCUT2D eigenvalue weighted by molar-refractivity contribution is 0.0696. The standard InChI is InChI=1S/C14H18O3/c1-4-5-6-10(2)12-9-11(14(15)16)7-8-13(12)17-3/h5-10H,4H2,1-3H3,(H,15,16)/b6-5-/t10-/m1/s1. The third kappa shape index (κ3) is 3.34. The van der Waals surface area contributed by atoms with Gasteiger partial charge in [-0.15, -0.1) is 0 Å². The fraction of sp³-hybridized carbons (Fsp3) is 0.357. The molecule has 1 aromatic carbocycles. The molecule has 1 rings (SSSR count). The fourth-order valence-electron chi connectivity index (χ4n) is 1.67. The van der Waals surface area contributed by atoms with Crippen LogP contribution in [0.4, 0.5) is 0 Å². The van der Waals surface area contributed by atoms with Crippen molar-refractivity contribution in [2.24, 2.45) is 0 Å². The van der Waals surface area contributed by atoms with E-state index in [2.05, 4.69) is 19.1 Å². The first-order valence-electron chi connectivity index (χ1n) is 5.68. The van der Waals surface area contributed by atoms with Crippen LogP contribution in [0.3, 0.4) is 0 Å². The minimum Gasteiger partial charge on any atom is -0.496 e. The highest BCUT2D eigenvalue weighted by molar-refractivity contribution is 5.88.